The molecule has 3 N–H and O–H groups in total. The van der Waals surface area contributed by atoms with E-state index in [-0.39, 0.29) is 16.0 Å². The summed E-state index contributed by atoms with van der Waals surface area (Å²) in [6.07, 6.45) is 0. The number of sulfonamides is 1. The standard InChI is InChI=1S/C14H15N3O4S2/c1-17(2)23(20,21)10-5-3-9(4-6-10)13(19)16-14-11(12(15)18)7-8-22-14/h3-8H,1-2H3,(H2,15,18)(H,16,19). The molecule has 0 saturated heterocycles. The summed E-state index contributed by atoms with van der Waals surface area (Å²) >= 11 is 1.18. The number of hydrogen-bond acceptors (Lipinski definition) is 5. The van der Waals surface area contributed by atoms with Crippen molar-refractivity contribution < 1.29 is 18.0 Å². The molecule has 0 bridgehead atoms. The van der Waals surface area contributed by atoms with Gasteiger partial charge in [0.05, 0.1) is 10.5 Å². The lowest BCUT2D eigenvalue weighted by Crippen LogP contribution is -2.22. The number of hydrogen-bond donors (Lipinski definition) is 2. The number of anilines is 1. The van der Waals surface area contributed by atoms with Crippen LogP contribution in [0.15, 0.2) is 40.6 Å². The molecule has 0 spiro atoms. The van der Waals surface area contributed by atoms with Gasteiger partial charge in [-0.2, -0.15) is 0 Å². The number of primary amides is 1. The van der Waals surface area contributed by atoms with Gasteiger partial charge in [-0.05, 0) is 35.7 Å². The van der Waals surface area contributed by atoms with Crippen LogP contribution in [0.1, 0.15) is 20.7 Å². The Morgan fingerprint density at radius 2 is 1.74 bits per heavy atom. The summed E-state index contributed by atoms with van der Waals surface area (Å²) in [7, 11) is -0.687. The molecule has 0 fully saturated rings. The van der Waals surface area contributed by atoms with Gasteiger partial charge in [0, 0.05) is 19.7 Å². The van der Waals surface area contributed by atoms with E-state index in [1.165, 1.54) is 55.8 Å². The predicted octanol–water partition coefficient (Wildman–Crippen LogP) is 1.35. The first-order chi connectivity index (χ1) is 10.7. The number of nitrogens with two attached hydrogens (primary N) is 1. The van der Waals surface area contributed by atoms with Crippen molar-refractivity contribution in [1.82, 2.24) is 4.31 Å². The zero-order valence-electron chi connectivity index (χ0n) is 12.4. The summed E-state index contributed by atoms with van der Waals surface area (Å²) < 4.78 is 25.0. The molecule has 2 aromatic rings. The highest BCUT2D eigenvalue weighted by Crippen LogP contribution is 2.23. The molecule has 0 radical (unpaired) electrons. The van der Waals surface area contributed by atoms with Gasteiger partial charge in [-0.25, -0.2) is 12.7 Å². The molecule has 0 saturated carbocycles. The van der Waals surface area contributed by atoms with Gasteiger partial charge < -0.3 is 11.1 Å². The van der Waals surface area contributed by atoms with Crippen molar-refractivity contribution in [3.05, 3.63) is 46.8 Å². The highest BCUT2D eigenvalue weighted by atomic mass is 32.2. The Balaban J connectivity index is 2.21. The van der Waals surface area contributed by atoms with Crippen LogP contribution < -0.4 is 11.1 Å². The van der Waals surface area contributed by atoms with Crippen molar-refractivity contribution >= 4 is 38.2 Å². The minimum Gasteiger partial charge on any atom is -0.366 e. The normalized spacial score (nSPS) is 11.4. The Morgan fingerprint density at radius 3 is 2.26 bits per heavy atom. The highest BCUT2D eigenvalue weighted by Gasteiger charge is 2.18. The number of nitrogens with zero attached hydrogens (tertiary/aromatic N) is 1. The van der Waals surface area contributed by atoms with Crippen LogP contribution in [-0.4, -0.2) is 38.6 Å². The van der Waals surface area contributed by atoms with Gasteiger partial charge in [0.1, 0.15) is 5.00 Å². The van der Waals surface area contributed by atoms with Gasteiger partial charge in [-0.3, -0.25) is 9.59 Å². The minimum absolute atomic E-state index is 0.0907. The SMILES string of the molecule is CN(C)S(=O)(=O)c1ccc(C(=O)Nc2sccc2C(N)=O)cc1. The van der Waals surface area contributed by atoms with Crippen LogP contribution in [0.2, 0.25) is 0 Å². The lowest BCUT2D eigenvalue weighted by molar-refractivity contribution is 0.100. The summed E-state index contributed by atoms with van der Waals surface area (Å²) in [4.78, 5) is 23.5. The molecule has 0 aliphatic carbocycles. The van der Waals surface area contributed by atoms with Gasteiger partial charge in [-0.15, -0.1) is 11.3 Å². The fourth-order valence-corrected chi connectivity index (χ4v) is 3.45. The Morgan fingerprint density at radius 1 is 1.13 bits per heavy atom. The topological polar surface area (TPSA) is 110 Å². The summed E-state index contributed by atoms with van der Waals surface area (Å²) in [5.74, 6) is -1.09. The Labute approximate surface area is 137 Å². The summed E-state index contributed by atoms with van der Waals surface area (Å²) in [5, 5.41) is 4.58. The zero-order chi connectivity index (χ0) is 17.2. The van der Waals surface area contributed by atoms with Gasteiger partial charge in [0.15, 0.2) is 0 Å². The Hall–Kier alpha value is -2.23. The van der Waals surface area contributed by atoms with Gasteiger partial charge >= 0.3 is 0 Å². The van der Waals surface area contributed by atoms with Crippen molar-refractivity contribution in [2.75, 3.05) is 19.4 Å². The van der Waals surface area contributed by atoms with Crippen molar-refractivity contribution in [2.24, 2.45) is 5.73 Å². The van der Waals surface area contributed by atoms with E-state index in [1.54, 1.807) is 5.38 Å². The summed E-state index contributed by atoms with van der Waals surface area (Å²) in [6, 6.07) is 7.04. The van der Waals surface area contributed by atoms with Crippen LogP contribution in [0.5, 0.6) is 0 Å². The number of nitrogens with one attached hydrogen (secondary N) is 1. The number of rotatable bonds is 5. The van der Waals surface area contributed by atoms with Crippen molar-refractivity contribution in [3.63, 3.8) is 0 Å². The molecule has 1 aromatic heterocycles. The summed E-state index contributed by atoms with van der Waals surface area (Å²) in [5.41, 5.74) is 5.72. The van der Waals surface area contributed by atoms with Crippen molar-refractivity contribution in [3.8, 4) is 0 Å². The Bertz CT molecular complexity index is 839. The van der Waals surface area contributed by atoms with E-state index in [9.17, 15) is 18.0 Å². The molecule has 0 aliphatic heterocycles. The number of benzene rings is 1. The van der Waals surface area contributed by atoms with Crippen LogP contribution >= 0.6 is 11.3 Å². The molecule has 2 rings (SSSR count). The monoisotopic (exact) mass is 353 g/mol. The summed E-state index contributed by atoms with van der Waals surface area (Å²) in [6.45, 7) is 0. The van der Waals surface area contributed by atoms with E-state index in [4.69, 9.17) is 5.73 Å². The van der Waals surface area contributed by atoms with E-state index in [1.807, 2.05) is 0 Å². The Kier molecular flexibility index (Phi) is 4.83. The lowest BCUT2D eigenvalue weighted by atomic mass is 10.2. The molecule has 0 unspecified atom stereocenters. The van der Waals surface area contributed by atoms with Crippen LogP contribution in [0.25, 0.3) is 0 Å². The molecule has 2 amide bonds. The molecule has 122 valence electrons. The fraction of sp³-hybridized carbons (Fsp3) is 0.143. The second-order valence-electron chi connectivity index (χ2n) is 4.79. The quantitative estimate of drug-likeness (QED) is 0.845. The average molecular weight is 353 g/mol. The minimum atomic E-state index is -3.54. The van der Waals surface area contributed by atoms with E-state index in [0.717, 1.165) is 4.31 Å². The van der Waals surface area contributed by atoms with E-state index in [2.05, 4.69) is 5.32 Å². The maximum absolute atomic E-state index is 12.2. The van der Waals surface area contributed by atoms with Crippen LogP contribution in [0, 0.1) is 0 Å². The third-order valence-corrected chi connectivity index (χ3v) is 5.71. The third-order valence-electron chi connectivity index (χ3n) is 3.05. The van der Waals surface area contributed by atoms with Crippen molar-refractivity contribution in [1.29, 1.82) is 0 Å². The van der Waals surface area contributed by atoms with Crippen LogP contribution in [0.4, 0.5) is 5.00 Å². The van der Waals surface area contributed by atoms with Crippen LogP contribution in [0.3, 0.4) is 0 Å². The molecule has 0 aliphatic rings. The number of carbonyl (C=O) groups excluding carboxylic acids is 2. The average Bonchev–Trinajstić information content (AvgIpc) is 2.95. The lowest BCUT2D eigenvalue weighted by Gasteiger charge is -2.11. The number of amides is 2. The molecule has 7 nitrogen and oxygen atoms in total. The molecular formula is C14H15N3O4S2. The molecule has 1 aromatic carbocycles. The van der Waals surface area contributed by atoms with E-state index >= 15 is 0 Å². The third kappa shape index (κ3) is 3.58. The number of thiophene rings is 1. The molecule has 23 heavy (non-hydrogen) atoms. The van der Waals surface area contributed by atoms with Gasteiger partial charge in [0.2, 0.25) is 10.0 Å². The second-order valence-corrected chi connectivity index (χ2v) is 7.86. The largest absolute Gasteiger partial charge is 0.366 e. The highest BCUT2D eigenvalue weighted by molar-refractivity contribution is 7.89. The number of carbonyl (C=O) groups is 2. The maximum Gasteiger partial charge on any atom is 0.256 e. The van der Waals surface area contributed by atoms with Crippen molar-refractivity contribution in [2.45, 2.75) is 4.90 Å². The second kappa shape index (κ2) is 6.49. The maximum atomic E-state index is 12.2. The van der Waals surface area contributed by atoms with Gasteiger partial charge in [0.25, 0.3) is 11.8 Å². The van der Waals surface area contributed by atoms with E-state index < -0.39 is 21.8 Å². The first-order valence-electron chi connectivity index (χ1n) is 6.44. The fourth-order valence-electron chi connectivity index (χ4n) is 1.76. The van der Waals surface area contributed by atoms with E-state index in [0.29, 0.717) is 5.00 Å². The smallest absolute Gasteiger partial charge is 0.256 e. The first kappa shape index (κ1) is 17.1. The molecule has 1 heterocycles. The van der Waals surface area contributed by atoms with Gasteiger partial charge in [-0.1, -0.05) is 0 Å². The molecular weight excluding hydrogens is 338 g/mol. The zero-order valence-corrected chi connectivity index (χ0v) is 14.1. The first-order valence-corrected chi connectivity index (χ1v) is 8.76. The van der Waals surface area contributed by atoms with Crippen LogP contribution in [-0.2, 0) is 10.0 Å². The molecule has 0 atom stereocenters. The molecule has 9 heteroatoms. The predicted molar refractivity (Wildman–Crippen MR) is 88.1 cm³/mol.